The fraction of sp³-hybridized carbons (Fsp3) is 0.294. The van der Waals surface area contributed by atoms with Crippen molar-refractivity contribution in [3.8, 4) is 5.69 Å². The van der Waals surface area contributed by atoms with Crippen molar-refractivity contribution in [2.45, 2.75) is 26.3 Å². The van der Waals surface area contributed by atoms with Gasteiger partial charge in [0.15, 0.2) is 5.65 Å². The van der Waals surface area contributed by atoms with Crippen molar-refractivity contribution in [3.05, 3.63) is 52.7 Å². The third kappa shape index (κ3) is 2.58. The number of fused-ring (bicyclic) bond motifs is 1. The van der Waals surface area contributed by atoms with E-state index >= 15 is 0 Å². The van der Waals surface area contributed by atoms with Gasteiger partial charge in [-0.25, -0.2) is 14.5 Å². The number of esters is 1. The van der Waals surface area contributed by atoms with Gasteiger partial charge in [0.1, 0.15) is 17.8 Å². The Hall–Kier alpha value is -2.96. The summed E-state index contributed by atoms with van der Waals surface area (Å²) < 4.78 is 7.67. The van der Waals surface area contributed by atoms with Crippen LogP contribution in [0.2, 0.25) is 0 Å². The number of ether oxygens (including phenoxy) is 1. The van der Waals surface area contributed by atoms with Gasteiger partial charge in [0.2, 0.25) is 0 Å². The zero-order valence-corrected chi connectivity index (χ0v) is 13.8. The average molecular weight is 326 g/mol. The molecule has 0 bridgehead atoms. The lowest BCUT2D eigenvalue weighted by molar-refractivity contribution is -0.144. The second kappa shape index (κ2) is 6.27. The van der Waals surface area contributed by atoms with Crippen LogP contribution >= 0.6 is 0 Å². The molecule has 0 amide bonds. The van der Waals surface area contributed by atoms with E-state index in [0.717, 1.165) is 11.3 Å². The summed E-state index contributed by atoms with van der Waals surface area (Å²) in [6.07, 6.45) is 3.29. The van der Waals surface area contributed by atoms with Crippen LogP contribution in [0.25, 0.3) is 16.7 Å². The van der Waals surface area contributed by atoms with Crippen LogP contribution in [0.15, 0.2) is 41.6 Å². The molecule has 1 unspecified atom stereocenters. The van der Waals surface area contributed by atoms with Gasteiger partial charge in [-0.05, 0) is 25.5 Å². The molecule has 0 N–H and O–H groups in total. The topological polar surface area (TPSA) is 79.0 Å². The molecule has 0 saturated carbocycles. The van der Waals surface area contributed by atoms with E-state index in [1.54, 1.807) is 4.68 Å². The normalized spacial score (nSPS) is 12.3. The van der Waals surface area contributed by atoms with E-state index in [9.17, 15) is 9.59 Å². The number of nitrogens with zero attached hydrogens (tertiary/aromatic N) is 4. The van der Waals surface area contributed by atoms with E-state index in [1.807, 2.05) is 38.1 Å². The van der Waals surface area contributed by atoms with Crippen molar-refractivity contribution in [2.75, 3.05) is 7.11 Å². The fourth-order valence-electron chi connectivity index (χ4n) is 2.64. The van der Waals surface area contributed by atoms with Crippen LogP contribution in [-0.2, 0) is 9.53 Å². The van der Waals surface area contributed by atoms with Gasteiger partial charge < -0.3 is 4.74 Å². The van der Waals surface area contributed by atoms with Crippen molar-refractivity contribution in [1.82, 2.24) is 19.3 Å². The van der Waals surface area contributed by atoms with Crippen LogP contribution < -0.4 is 5.56 Å². The van der Waals surface area contributed by atoms with E-state index in [1.165, 1.54) is 24.2 Å². The Balaban J connectivity index is 2.13. The molecule has 0 spiro atoms. The van der Waals surface area contributed by atoms with Gasteiger partial charge in [-0.2, -0.15) is 5.10 Å². The van der Waals surface area contributed by atoms with Crippen LogP contribution in [0.5, 0.6) is 0 Å². The molecule has 7 heteroatoms. The predicted molar refractivity (Wildman–Crippen MR) is 89.2 cm³/mol. The molecule has 0 aliphatic rings. The number of rotatable bonds is 4. The van der Waals surface area contributed by atoms with E-state index < -0.39 is 12.0 Å². The lowest BCUT2D eigenvalue weighted by atomic mass is 10.2. The molecule has 0 saturated heterocycles. The van der Waals surface area contributed by atoms with Gasteiger partial charge in [0.05, 0.1) is 19.0 Å². The summed E-state index contributed by atoms with van der Waals surface area (Å²) in [5.74, 6) is -0.466. The first-order chi connectivity index (χ1) is 11.6. The molecule has 3 rings (SSSR count). The molecule has 124 valence electrons. The number of hydrogen-bond acceptors (Lipinski definition) is 5. The Morgan fingerprint density at radius 1 is 1.29 bits per heavy atom. The molecule has 1 aromatic carbocycles. The first-order valence-electron chi connectivity index (χ1n) is 7.66. The maximum atomic E-state index is 12.7. The molecule has 0 radical (unpaired) electrons. The van der Waals surface area contributed by atoms with E-state index in [4.69, 9.17) is 4.74 Å². The Bertz CT molecular complexity index is 941. The van der Waals surface area contributed by atoms with Crippen LogP contribution in [0.1, 0.15) is 24.9 Å². The van der Waals surface area contributed by atoms with Crippen molar-refractivity contribution < 1.29 is 9.53 Å². The smallest absolute Gasteiger partial charge is 0.329 e. The summed E-state index contributed by atoms with van der Waals surface area (Å²) in [5.41, 5.74) is 2.10. The molecule has 2 heterocycles. The Morgan fingerprint density at radius 3 is 2.62 bits per heavy atom. The second-order valence-corrected chi connectivity index (χ2v) is 5.53. The van der Waals surface area contributed by atoms with Crippen molar-refractivity contribution in [1.29, 1.82) is 0 Å². The third-order valence-electron chi connectivity index (χ3n) is 3.99. The summed E-state index contributed by atoms with van der Waals surface area (Å²) in [4.78, 5) is 28.9. The summed E-state index contributed by atoms with van der Waals surface area (Å²) >= 11 is 0. The first-order valence-corrected chi connectivity index (χ1v) is 7.66. The highest BCUT2D eigenvalue weighted by Crippen LogP contribution is 2.16. The van der Waals surface area contributed by atoms with Crippen molar-refractivity contribution in [2.24, 2.45) is 0 Å². The third-order valence-corrected chi connectivity index (χ3v) is 3.99. The SMILES string of the molecule is CCC(C(=O)OC)n1cnc2c(cnn2-c2ccc(C)cc2)c1=O. The maximum absolute atomic E-state index is 12.7. The van der Waals surface area contributed by atoms with Crippen LogP contribution in [0.3, 0.4) is 0 Å². The number of carbonyl (C=O) groups is 1. The van der Waals surface area contributed by atoms with Gasteiger partial charge in [0, 0.05) is 0 Å². The highest BCUT2D eigenvalue weighted by atomic mass is 16.5. The number of methoxy groups -OCH3 is 1. The van der Waals surface area contributed by atoms with E-state index in [0.29, 0.717) is 17.5 Å². The monoisotopic (exact) mass is 326 g/mol. The maximum Gasteiger partial charge on any atom is 0.329 e. The molecule has 7 nitrogen and oxygen atoms in total. The zero-order chi connectivity index (χ0) is 17.3. The highest BCUT2D eigenvalue weighted by molar-refractivity contribution is 5.77. The average Bonchev–Trinajstić information content (AvgIpc) is 3.02. The van der Waals surface area contributed by atoms with Gasteiger partial charge in [-0.3, -0.25) is 9.36 Å². The number of benzene rings is 1. The van der Waals surface area contributed by atoms with Gasteiger partial charge >= 0.3 is 5.97 Å². The lowest BCUT2D eigenvalue weighted by Gasteiger charge is -2.15. The predicted octanol–water partition coefficient (Wildman–Crippen LogP) is 2.01. The highest BCUT2D eigenvalue weighted by Gasteiger charge is 2.22. The summed E-state index contributed by atoms with van der Waals surface area (Å²) in [6, 6.07) is 7.07. The second-order valence-electron chi connectivity index (χ2n) is 5.53. The largest absolute Gasteiger partial charge is 0.467 e. The molecular weight excluding hydrogens is 308 g/mol. The molecule has 2 aromatic heterocycles. The van der Waals surface area contributed by atoms with Crippen LogP contribution in [0.4, 0.5) is 0 Å². The van der Waals surface area contributed by atoms with Crippen LogP contribution in [0, 0.1) is 6.92 Å². The van der Waals surface area contributed by atoms with E-state index in [2.05, 4.69) is 10.1 Å². The van der Waals surface area contributed by atoms with Gasteiger partial charge in [0.25, 0.3) is 5.56 Å². The summed E-state index contributed by atoms with van der Waals surface area (Å²) in [6.45, 7) is 3.81. The number of aryl methyl sites for hydroxylation is 1. The first kappa shape index (κ1) is 15.9. The number of aromatic nitrogens is 4. The van der Waals surface area contributed by atoms with E-state index in [-0.39, 0.29) is 5.56 Å². The minimum Gasteiger partial charge on any atom is -0.467 e. The quantitative estimate of drug-likeness (QED) is 0.685. The van der Waals surface area contributed by atoms with Crippen LogP contribution in [-0.4, -0.2) is 32.4 Å². The summed E-state index contributed by atoms with van der Waals surface area (Å²) in [7, 11) is 1.30. The molecule has 24 heavy (non-hydrogen) atoms. The molecule has 0 aliphatic carbocycles. The molecular formula is C17H18N4O3. The Labute approximate surface area is 138 Å². The minimum atomic E-state index is -0.692. The van der Waals surface area contributed by atoms with Crippen molar-refractivity contribution >= 4 is 17.0 Å². The molecule has 3 aromatic rings. The summed E-state index contributed by atoms with van der Waals surface area (Å²) in [5, 5.41) is 4.63. The standard InChI is InChI=1S/C17H18N4O3/c1-4-14(17(23)24-3)20-10-18-15-13(16(20)22)9-19-21(15)12-7-5-11(2)6-8-12/h5-10,14H,4H2,1-3H3. The number of hydrogen-bond donors (Lipinski definition) is 0. The minimum absolute atomic E-state index is 0.310. The molecule has 1 atom stereocenters. The lowest BCUT2D eigenvalue weighted by Crippen LogP contribution is -2.30. The Morgan fingerprint density at radius 2 is 2.00 bits per heavy atom. The zero-order valence-electron chi connectivity index (χ0n) is 13.8. The fourth-order valence-corrected chi connectivity index (χ4v) is 2.64. The Kier molecular flexibility index (Phi) is 4.16. The molecule has 0 fully saturated rings. The van der Waals surface area contributed by atoms with Crippen molar-refractivity contribution in [3.63, 3.8) is 0 Å². The van der Waals surface area contributed by atoms with Gasteiger partial charge in [-0.15, -0.1) is 0 Å². The number of carbonyl (C=O) groups excluding carboxylic acids is 1. The van der Waals surface area contributed by atoms with Gasteiger partial charge in [-0.1, -0.05) is 24.6 Å². The molecule has 0 aliphatic heterocycles.